The predicted octanol–water partition coefficient (Wildman–Crippen LogP) is 0.822. The van der Waals surface area contributed by atoms with Crippen molar-refractivity contribution in [2.45, 2.75) is 26.9 Å². The van der Waals surface area contributed by atoms with Crippen molar-refractivity contribution in [3.05, 3.63) is 35.4 Å². The van der Waals surface area contributed by atoms with Gasteiger partial charge >= 0.3 is 0 Å². The Morgan fingerprint density at radius 1 is 1.11 bits per heavy atom. The summed E-state index contributed by atoms with van der Waals surface area (Å²) >= 11 is 0. The minimum Gasteiger partial charge on any atom is -0.326 e. The van der Waals surface area contributed by atoms with Crippen molar-refractivity contribution in [2.75, 3.05) is 13.1 Å². The van der Waals surface area contributed by atoms with Crippen molar-refractivity contribution in [3.63, 3.8) is 0 Å². The minimum atomic E-state index is -3.38. The number of nitrogens with two attached hydrogens (primary N) is 1. The third kappa shape index (κ3) is 4.06. The van der Waals surface area contributed by atoms with Gasteiger partial charge in [0.2, 0.25) is 0 Å². The topological polar surface area (TPSA) is 75.4 Å². The maximum atomic E-state index is 11.9. The molecule has 1 rings (SSSR count). The smallest absolute Gasteiger partial charge is 0.279 e. The lowest BCUT2D eigenvalue weighted by atomic mass is 10.1. The van der Waals surface area contributed by atoms with Gasteiger partial charge in [-0.15, -0.1) is 0 Å². The van der Waals surface area contributed by atoms with E-state index in [1.807, 2.05) is 38.1 Å². The zero-order valence-corrected chi connectivity index (χ0v) is 11.7. The average Bonchev–Trinajstić information content (AvgIpc) is 2.38. The molecule has 0 bridgehead atoms. The Labute approximate surface area is 109 Å². The van der Waals surface area contributed by atoms with E-state index in [-0.39, 0.29) is 0 Å². The predicted molar refractivity (Wildman–Crippen MR) is 73.0 cm³/mol. The lowest BCUT2D eigenvalue weighted by molar-refractivity contribution is 0.434. The lowest BCUT2D eigenvalue weighted by Crippen LogP contribution is -2.40. The third-order valence-corrected chi connectivity index (χ3v) is 4.47. The standard InChI is InChI=1S/C12H21N3O2S/c1-3-15(4-2)18(16,17)14-10-12-7-5-11(9-13)6-8-12/h5-8,14H,3-4,9-10,13H2,1-2H3. The van der Waals surface area contributed by atoms with Crippen LogP contribution < -0.4 is 10.5 Å². The summed E-state index contributed by atoms with van der Waals surface area (Å²) in [6.45, 7) is 5.36. The van der Waals surface area contributed by atoms with E-state index >= 15 is 0 Å². The molecule has 0 heterocycles. The fourth-order valence-corrected chi connectivity index (χ4v) is 2.83. The Hall–Kier alpha value is -0.950. The molecular weight excluding hydrogens is 250 g/mol. The summed E-state index contributed by atoms with van der Waals surface area (Å²) in [5, 5.41) is 0. The first-order valence-electron chi connectivity index (χ1n) is 6.06. The van der Waals surface area contributed by atoms with Gasteiger partial charge in [-0.25, -0.2) is 0 Å². The van der Waals surface area contributed by atoms with Crippen LogP contribution >= 0.6 is 0 Å². The molecule has 0 aromatic heterocycles. The molecule has 0 saturated heterocycles. The van der Waals surface area contributed by atoms with Crippen LogP contribution in [0.1, 0.15) is 25.0 Å². The Bertz CT molecular complexity index is 453. The zero-order chi connectivity index (χ0) is 13.6. The molecule has 0 unspecified atom stereocenters. The molecule has 0 aliphatic heterocycles. The molecule has 18 heavy (non-hydrogen) atoms. The molecule has 0 aliphatic rings. The number of hydrogen-bond donors (Lipinski definition) is 2. The van der Waals surface area contributed by atoms with E-state index in [2.05, 4.69) is 4.72 Å². The van der Waals surface area contributed by atoms with Crippen LogP contribution in [0.3, 0.4) is 0 Å². The van der Waals surface area contributed by atoms with E-state index in [1.54, 1.807) is 0 Å². The largest absolute Gasteiger partial charge is 0.326 e. The number of rotatable bonds is 7. The molecule has 0 spiro atoms. The van der Waals surface area contributed by atoms with Crippen molar-refractivity contribution >= 4 is 10.2 Å². The van der Waals surface area contributed by atoms with Crippen molar-refractivity contribution < 1.29 is 8.42 Å². The van der Waals surface area contributed by atoms with Crippen LogP contribution in [0.15, 0.2) is 24.3 Å². The SMILES string of the molecule is CCN(CC)S(=O)(=O)NCc1ccc(CN)cc1. The third-order valence-electron chi connectivity index (χ3n) is 2.76. The van der Waals surface area contributed by atoms with Gasteiger partial charge in [-0.2, -0.15) is 17.4 Å². The van der Waals surface area contributed by atoms with E-state index in [9.17, 15) is 8.42 Å². The zero-order valence-electron chi connectivity index (χ0n) is 10.9. The summed E-state index contributed by atoms with van der Waals surface area (Å²) in [4.78, 5) is 0. The van der Waals surface area contributed by atoms with Gasteiger partial charge < -0.3 is 5.73 Å². The first kappa shape index (κ1) is 15.1. The molecule has 1 aromatic carbocycles. The average molecular weight is 271 g/mol. The van der Waals surface area contributed by atoms with E-state index in [0.717, 1.165) is 11.1 Å². The highest BCUT2D eigenvalue weighted by Gasteiger charge is 2.17. The Kier molecular flexibility index (Phi) is 5.74. The number of benzene rings is 1. The molecule has 0 saturated carbocycles. The first-order valence-corrected chi connectivity index (χ1v) is 7.50. The van der Waals surface area contributed by atoms with E-state index in [1.165, 1.54) is 4.31 Å². The van der Waals surface area contributed by atoms with Gasteiger partial charge in [0.25, 0.3) is 10.2 Å². The fraction of sp³-hybridized carbons (Fsp3) is 0.500. The van der Waals surface area contributed by atoms with Crippen LogP contribution in [-0.4, -0.2) is 25.8 Å². The van der Waals surface area contributed by atoms with Gasteiger partial charge in [-0.1, -0.05) is 38.1 Å². The fourth-order valence-electron chi connectivity index (χ4n) is 1.62. The van der Waals surface area contributed by atoms with Crippen molar-refractivity contribution in [3.8, 4) is 0 Å². The second kappa shape index (κ2) is 6.84. The molecule has 0 radical (unpaired) electrons. The Morgan fingerprint density at radius 3 is 2.06 bits per heavy atom. The summed E-state index contributed by atoms with van der Waals surface area (Å²) < 4.78 is 27.7. The molecule has 1 aromatic rings. The highest BCUT2D eigenvalue weighted by atomic mass is 32.2. The number of nitrogens with one attached hydrogen (secondary N) is 1. The maximum Gasteiger partial charge on any atom is 0.279 e. The first-order chi connectivity index (χ1) is 8.53. The summed E-state index contributed by atoms with van der Waals surface area (Å²) in [5.74, 6) is 0. The summed E-state index contributed by atoms with van der Waals surface area (Å²) in [6.07, 6.45) is 0. The summed E-state index contributed by atoms with van der Waals surface area (Å²) in [5.41, 5.74) is 7.45. The maximum absolute atomic E-state index is 11.9. The van der Waals surface area contributed by atoms with Crippen LogP contribution in [-0.2, 0) is 23.3 Å². The lowest BCUT2D eigenvalue weighted by Gasteiger charge is -2.18. The van der Waals surface area contributed by atoms with Gasteiger partial charge in [0.05, 0.1) is 0 Å². The van der Waals surface area contributed by atoms with Gasteiger partial charge in [-0.05, 0) is 11.1 Å². The second-order valence-electron chi connectivity index (χ2n) is 3.93. The highest BCUT2D eigenvalue weighted by molar-refractivity contribution is 7.87. The van der Waals surface area contributed by atoms with E-state index < -0.39 is 10.2 Å². The quantitative estimate of drug-likeness (QED) is 0.771. The highest BCUT2D eigenvalue weighted by Crippen LogP contribution is 2.05. The number of nitrogens with zero attached hydrogens (tertiary/aromatic N) is 1. The second-order valence-corrected chi connectivity index (χ2v) is 5.69. The molecule has 5 nitrogen and oxygen atoms in total. The molecule has 0 atom stereocenters. The molecular formula is C12H21N3O2S. The van der Waals surface area contributed by atoms with Crippen molar-refractivity contribution in [1.82, 2.24) is 9.03 Å². The van der Waals surface area contributed by atoms with Crippen LogP contribution in [0, 0.1) is 0 Å². The van der Waals surface area contributed by atoms with Crippen LogP contribution in [0.2, 0.25) is 0 Å². The molecule has 0 aliphatic carbocycles. The van der Waals surface area contributed by atoms with Gasteiger partial charge in [0, 0.05) is 26.2 Å². The van der Waals surface area contributed by atoms with Gasteiger partial charge in [-0.3, -0.25) is 0 Å². The Balaban J connectivity index is 2.63. The van der Waals surface area contributed by atoms with E-state index in [0.29, 0.717) is 26.2 Å². The van der Waals surface area contributed by atoms with E-state index in [4.69, 9.17) is 5.73 Å². The van der Waals surface area contributed by atoms with Crippen molar-refractivity contribution in [2.24, 2.45) is 5.73 Å². The molecule has 3 N–H and O–H groups in total. The summed E-state index contributed by atoms with van der Waals surface area (Å²) in [6, 6.07) is 7.57. The number of hydrogen-bond acceptors (Lipinski definition) is 3. The van der Waals surface area contributed by atoms with Crippen molar-refractivity contribution in [1.29, 1.82) is 0 Å². The molecule has 102 valence electrons. The van der Waals surface area contributed by atoms with Gasteiger partial charge in [0.1, 0.15) is 0 Å². The van der Waals surface area contributed by atoms with Crippen LogP contribution in [0.25, 0.3) is 0 Å². The van der Waals surface area contributed by atoms with Crippen LogP contribution in [0.4, 0.5) is 0 Å². The molecule has 6 heteroatoms. The molecule has 0 fully saturated rings. The van der Waals surface area contributed by atoms with Gasteiger partial charge in [0.15, 0.2) is 0 Å². The summed E-state index contributed by atoms with van der Waals surface area (Å²) in [7, 11) is -3.38. The minimum absolute atomic E-state index is 0.295. The normalized spacial score (nSPS) is 12.0. The van der Waals surface area contributed by atoms with Crippen LogP contribution in [0.5, 0.6) is 0 Å². The monoisotopic (exact) mass is 271 g/mol. The Morgan fingerprint density at radius 2 is 1.61 bits per heavy atom. The molecule has 0 amide bonds.